The zero-order valence-electron chi connectivity index (χ0n) is 13.1. The maximum atomic E-state index is 12.7. The van der Waals surface area contributed by atoms with Crippen molar-refractivity contribution in [2.24, 2.45) is 0 Å². The molecule has 0 fully saturated rings. The summed E-state index contributed by atoms with van der Waals surface area (Å²) >= 11 is 0. The zero-order chi connectivity index (χ0) is 16.4. The van der Waals surface area contributed by atoms with E-state index in [4.69, 9.17) is 18.6 Å². The molecule has 2 aromatic carbocycles. The van der Waals surface area contributed by atoms with Gasteiger partial charge in [0.1, 0.15) is 5.58 Å². The maximum Gasteiger partial charge on any atom is 0.235 e. The minimum atomic E-state index is -0.228. The Morgan fingerprint density at radius 3 is 2.26 bits per heavy atom. The quantitative estimate of drug-likeness (QED) is 0.738. The third-order valence-electron chi connectivity index (χ3n) is 3.61. The van der Waals surface area contributed by atoms with Crippen molar-refractivity contribution in [2.75, 3.05) is 21.3 Å². The molecule has 118 valence electrons. The van der Waals surface area contributed by atoms with E-state index in [-0.39, 0.29) is 11.2 Å². The lowest BCUT2D eigenvalue weighted by Crippen LogP contribution is -2.08. The molecule has 3 aromatic rings. The summed E-state index contributed by atoms with van der Waals surface area (Å²) in [6, 6.07) is 12.4. The van der Waals surface area contributed by atoms with E-state index >= 15 is 0 Å². The molecule has 5 nitrogen and oxygen atoms in total. The van der Waals surface area contributed by atoms with E-state index < -0.39 is 0 Å². The number of para-hydroxylation sites is 2. The van der Waals surface area contributed by atoms with Crippen molar-refractivity contribution >= 4 is 11.0 Å². The number of hydrogen-bond donors (Lipinski definition) is 0. The van der Waals surface area contributed by atoms with Gasteiger partial charge < -0.3 is 18.6 Å². The number of benzene rings is 2. The summed E-state index contributed by atoms with van der Waals surface area (Å²) in [6.07, 6.45) is 0. The first-order valence-corrected chi connectivity index (χ1v) is 7.02. The monoisotopic (exact) mass is 312 g/mol. The average molecular weight is 312 g/mol. The number of ether oxygens (including phenoxy) is 3. The van der Waals surface area contributed by atoms with E-state index in [2.05, 4.69) is 0 Å². The molecular weight excluding hydrogens is 296 g/mol. The van der Waals surface area contributed by atoms with Crippen molar-refractivity contribution in [2.45, 2.75) is 0 Å². The maximum absolute atomic E-state index is 12.7. The molecule has 0 spiro atoms. The Bertz CT molecular complexity index is 911. The Hall–Kier alpha value is -2.95. The van der Waals surface area contributed by atoms with Crippen LogP contribution in [0.1, 0.15) is 0 Å². The van der Waals surface area contributed by atoms with E-state index in [0.29, 0.717) is 33.8 Å². The highest BCUT2D eigenvalue weighted by molar-refractivity contribution is 5.83. The van der Waals surface area contributed by atoms with E-state index in [1.54, 1.807) is 43.5 Å². The lowest BCUT2D eigenvalue weighted by molar-refractivity contribution is 0.354. The van der Waals surface area contributed by atoms with Gasteiger partial charge >= 0.3 is 0 Å². The van der Waals surface area contributed by atoms with Gasteiger partial charge in [-0.1, -0.05) is 18.2 Å². The largest absolute Gasteiger partial charge is 0.493 e. The zero-order valence-corrected chi connectivity index (χ0v) is 13.1. The van der Waals surface area contributed by atoms with Gasteiger partial charge in [-0.15, -0.1) is 0 Å². The van der Waals surface area contributed by atoms with Crippen LogP contribution in [-0.4, -0.2) is 21.3 Å². The third kappa shape index (κ3) is 2.40. The standard InChI is InChI=1S/C18H16O5/c1-20-14-10-6-8-12(16(14)21-2)17-18(22-3)15(19)11-7-4-5-9-13(11)23-17/h4-10H,1-3H3. The van der Waals surface area contributed by atoms with Crippen LogP contribution in [0.25, 0.3) is 22.3 Å². The second-order valence-corrected chi connectivity index (χ2v) is 4.83. The lowest BCUT2D eigenvalue weighted by atomic mass is 10.1. The molecule has 0 radical (unpaired) electrons. The predicted molar refractivity (Wildman–Crippen MR) is 87.6 cm³/mol. The number of hydrogen-bond acceptors (Lipinski definition) is 5. The lowest BCUT2D eigenvalue weighted by Gasteiger charge is -2.14. The van der Waals surface area contributed by atoms with Crippen molar-refractivity contribution in [1.29, 1.82) is 0 Å². The van der Waals surface area contributed by atoms with Crippen LogP contribution in [-0.2, 0) is 0 Å². The SMILES string of the molecule is COc1cccc(-c2oc3ccccc3c(=O)c2OC)c1OC. The molecule has 0 bridgehead atoms. The summed E-state index contributed by atoms with van der Waals surface area (Å²) in [5.74, 6) is 1.47. The van der Waals surface area contributed by atoms with Crippen LogP contribution < -0.4 is 19.6 Å². The first-order valence-electron chi connectivity index (χ1n) is 7.02. The molecule has 0 aliphatic carbocycles. The highest BCUT2D eigenvalue weighted by Crippen LogP contribution is 2.41. The normalized spacial score (nSPS) is 10.6. The van der Waals surface area contributed by atoms with Crippen LogP contribution in [0.4, 0.5) is 0 Å². The predicted octanol–water partition coefficient (Wildman–Crippen LogP) is 3.49. The summed E-state index contributed by atoms with van der Waals surface area (Å²) < 4.78 is 22.0. The first-order chi connectivity index (χ1) is 11.2. The molecule has 0 N–H and O–H groups in total. The number of fused-ring (bicyclic) bond motifs is 1. The third-order valence-corrected chi connectivity index (χ3v) is 3.61. The summed E-state index contributed by atoms with van der Waals surface area (Å²) in [5.41, 5.74) is 0.846. The highest BCUT2D eigenvalue weighted by atomic mass is 16.5. The Balaban J connectivity index is 2.39. The molecule has 0 atom stereocenters. The number of rotatable bonds is 4. The number of methoxy groups -OCH3 is 3. The summed E-state index contributed by atoms with van der Waals surface area (Å²) in [5, 5.41) is 0.468. The van der Waals surface area contributed by atoms with Crippen molar-refractivity contribution in [3.8, 4) is 28.6 Å². The molecule has 3 rings (SSSR count). The van der Waals surface area contributed by atoms with Gasteiger partial charge in [0, 0.05) is 0 Å². The van der Waals surface area contributed by atoms with Gasteiger partial charge in [-0.2, -0.15) is 0 Å². The van der Waals surface area contributed by atoms with Gasteiger partial charge in [0.2, 0.25) is 11.2 Å². The van der Waals surface area contributed by atoms with E-state index in [1.807, 2.05) is 6.07 Å². The van der Waals surface area contributed by atoms with E-state index in [0.717, 1.165) is 0 Å². The van der Waals surface area contributed by atoms with Gasteiger partial charge in [-0.05, 0) is 24.3 Å². The second kappa shape index (κ2) is 6.04. The van der Waals surface area contributed by atoms with E-state index in [1.165, 1.54) is 14.2 Å². The fourth-order valence-corrected chi connectivity index (χ4v) is 2.55. The van der Waals surface area contributed by atoms with Crippen molar-refractivity contribution in [3.05, 3.63) is 52.7 Å². The van der Waals surface area contributed by atoms with Crippen LogP contribution >= 0.6 is 0 Å². The van der Waals surface area contributed by atoms with Crippen molar-refractivity contribution in [3.63, 3.8) is 0 Å². The summed E-state index contributed by atoms with van der Waals surface area (Å²) in [6.45, 7) is 0. The first kappa shape index (κ1) is 15.0. The van der Waals surface area contributed by atoms with Gasteiger partial charge in [0.25, 0.3) is 0 Å². The summed E-state index contributed by atoms with van der Waals surface area (Å²) in [4.78, 5) is 12.7. The second-order valence-electron chi connectivity index (χ2n) is 4.83. The van der Waals surface area contributed by atoms with Gasteiger partial charge in [0.15, 0.2) is 17.3 Å². The molecule has 23 heavy (non-hydrogen) atoms. The Labute approximate surface area is 133 Å². The van der Waals surface area contributed by atoms with Crippen LogP contribution in [0.15, 0.2) is 51.7 Å². The summed E-state index contributed by atoms with van der Waals surface area (Å²) in [7, 11) is 4.53. The molecule has 0 aliphatic heterocycles. The Kier molecular flexibility index (Phi) is 3.93. The minimum absolute atomic E-state index is 0.134. The van der Waals surface area contributed by atoms with Gasteiger partial charge in [0.05, 0.1) is 32.3 Å². The molecule has 5 heteroatoms. The minimum Gasteiger partial charge on any atom is -0.493 e. The molecule has 1 aromatic heterocycles. The topological polar surface area (TPSA) is 57.9 Å². The van der Waals surface area contributed by atoms with Gasteiger partial charge in [-0.3, -0.25) is 4.79 Å². The van der Waals surface area contributed by atoms with Crippen LogP contribution in [0.5, 0.6) is 17.2 Å². The van der Waals surface area contributed by atoms with E-state index in [9.17, 15) is 4.79 Å². The Morgan fingerprint density at radius 2 is 1.57 bits per heavy atom. The average Bonchev–Trinajstić information content (AvgIpc) is 2.60. The molecule has 0 unspecified atom stereocenters. The molecule has 0 aliphatic rings. The van der Waals surface area contributed by atoms with Crippen LogP contribution in [0.3, 0.4) is 0 Å². The van der Waals surface area contributed by atoms with Crippen molar-refractivity contribution < 1.29 is 18.6 Å². The van der Waals surface area contributed by atoms with Crippen LogP contribution in [0, 0.1) is 0 Å². The molecular formula is C18H16O5. The van der Waals surface area contributed by atoms with Crippen LogP contribution in [0.2, 0.25) is 0 Å². The Morgan fingerprint density at radius 1 is 0.826 bits per heavy atom. The fourth-order valence-electron chi connectivity index (χ4n) is 2.55. The highest BCUT2D eigenvalue weighted by Gasteiger charge is 2.21. The molecule has 0 saturated carbocycles. The van der Waals surface area contributed by atoms with Crippen molar-refractivity contribution in [1.82, 2.24) is 0 Å². The molecule has 0 saturated heterocycles. The fraction of sp³-hybridized carbons (Fsp3) is 0.167. The smallest absolute Gasteiger partial charge is 0.235 e. The molecule has 1 heterocycles. The van der Waals surface area contributed by atoms with Gasteiger partial charge in [-0.25, -0.2) is 0 Å². The molecule has 0 amide bonds.